The molecule has 42 heavy (non-hydrogen) atoms. The van der Waals surface area contributed by atoms with E-state index in [4.69, 9.17) is 25.1 Å². The molecule has 2 aliphatic rings. The Morgan fingerprint density at radius 1 is 1.12 bits per heavy atom. The number of hydrogen-bond donors (Lipinski definition) is 2. The minimum Gasteiger partial charge on any atom is -0.494 e. The summed E-state index contributed by atoms with van der Waals surface area (Å²) in [6.45, 7) is 2.11. The molecule has 2 aliphatic heterocycles. The molecule has 0 unspecified atom stereocenters. The summed E-state index contributed by atoms with van der Waals surface area (Å²) in [6, 6.07) is 22.7. The molecule has 2 N–H and O–H groups in total. The first-order chi connectivity index (χ1) is 20.5. The fourth-order valence-corrected chi connectivity index (χ4v) is 5.73. The molecule has 3 aromatic rings. The Hall–Kier alpha value is -3.89. The van der Waals surface area contributed by atoms with E-state index in [1.54, 1.807) is 0 Å². The van der Waals surface area contributed by atoms with Gasteiger partial charge in [0.1, 0.15) is 5.75 Å². The molecule has 1 fully saturated rings. The van der Waals surface area contributed by atoms with Crippen molar-refractivity contribution in [2.45, 2.75) is 43.9 Å². The number of benzene rings is 3. The van der Waals surface area contributed by atoms with Crippen LogP contribution in [-0.2, 0) is 22.5 Å². The van der Waals surface area contributed by atoms with E-state index in [1.165, 1.54) is 0 Å². The number of hydrazine groups is 1. The zero-order valence-corrected chi connectivity index (χ0v) is 24.7. The van der Waals surface area contributed by atoms with Crippen LogP contribution in [-0.4, -0.2) is 53.8 Å². The van der Waals surface area contributed by atoms with E-state index in [0.717, 1.165) is 47.1 Å². The lowest BCUT2D eigenvalue weighted by Crippen LogP contribution is -2.54. The second-order valence-electron chi connectivity index (χ2n) is 10.3. The number of nitrogens with one attached hydrogen (secondary N) is 1. The highest BCUT2D eigenvalue weighted by atomic mass is 79.9. The maximum atomic E-state index is 14.4. The maximum absolute atomic E-state index is 14.4. The van der Waals surface area contributed by atoms with Crippen molar-refractivity contribution < 1.29 is 19.4 Å². The minimum atomic E-state index is -1.37. The van der Waals surface area contributed by atoms with Gasteiger partial charge in [-0.2, -0.15) is 0 Å². The predicted octanol–water partition coefficient (Wildman–Crippen LogP) is 5.65. The Morgan fingerprint density at radius 3 is 2.55 bits per heavy atom. The lowest BCUT2D eigenvalue weighted by molar-refractivity contribution is -0.133. The zero-order chi connectivity index (χ0) is 29.4. The number of hydrogen-bond acceptors (Lipinski definition) is 7. The molecule has 0 spiro atoms. The molecule has 5 rings (SSSR count). The molecule has 11 heteroatoms. The van der Waals surface area contributed by atoms with E-state index in [-0.39, 0.29) is 25.5 Å². The summed E-state index contributed by atoms with van der Waals surface area (Å²) < 4.78 is 13.2. The van der Waals surface area contributed by atoms with Crippen LogP contribution in [0.15, 0.2) is 87.4 Å². The quantitative estimate of drug-likeness (QED) is 0.115. The zero-order valence-electron chi connectivity index (χ0n) is 23.2. The number of carbonyl (C=O) groups excluding carboxylic acids is 1. The Labute approximate surface area is 253 Å². The van der Waals surface area contributed by atoms with Crippen LogP contribution in [0.4, 0.5) is 0 Å². The summed E-state index contributed by atoms with van der Waals surface area (Å²) in [7, 11) is 0. The first-order valence-electron chi connectivity index (χ1n) is 14.0. The summed E-state index contributed by atoms with van der Waals surface area (Å²) in [6.07, 6.45) is 2.02. The highest BCUT2D eigenvalue weighted by Crippen LogP contribution is 2.44. The van der Waals surface area contributed by atoms with Gasteiger partial charge in [0.05, 0.1) is 13.2 Å². The number of halogens is 1. The van der Waals surface area contributed by atoms with Gasteiger partial charge < -0.3 is 14.6 Å². The van der Waals surface area contributed by atoms with Crippen LogP contribution >= 0.6 is 15.9 Å². The molecule has 0 aromatic heterocycles. The molecule has 218 valence electrons. The molecule has 3 aromatic carbocycles. The van der Waals surface area contributed by atoms with Crippen LogP contribution in [0.25, 0.3) is 10.4 Å². The van der Waals surface area contributed by atoms with Gasteiger partial charge in [-0.05, 0) is 65.4 Å². The number of nitrogens with zero attached hydrogens (tertiary/aromatic N) is 5. The summed E-state index contributed by atoms with van der Waals surface area (Å²) in [4.78, 5) is 22.5. The van der Waals surface area contributed by atoms with Crippen molar-refractivity contribution in [3.8, 4) is 5.75 Å². The second-order valence-corrected chi connectivity index (χ2v) is 11.1. The van der Waals surface area contributed by atoms with Gasteiger partial charge in [0.2, 0.25) is 5.90 Å². The van der Waals surface area contributed by atoms with Crippen LogP contribution in [0.2, 0.25) is 0 Å². The first kappa shape index (κ1) is 29.6. The monoisotopic (exact) mass is 632 g/mol. The summed E-state index contributed by atoms with van der Waals surface area (Å²) in [5.74, 6) is 0.736. The van der Waals surface area contributed by atoms with Crippen LogP contribution < -0.4 is 10.2 Å². The van der Waals surface area contributed by atoms with E-state index in [0.29, 0.717) is 30.2 Å². The van der Waals surface area contributed by atoms with Gasteiger partial charge in [-0.1, -0.05) is 63.5 Å². The fourth-order valence-electron chi connectivity index (χ4n) is 5.30. The minimum absolute atomic E-state index is 0.0599. The smallest absolute Gasteiger partial charge is 0.266 e. The average molecular weight is 634 g/mol. The summed E-state index contributed by atoms with van der Waals surface area (Å²) >= 11 is 3.67. The molecule has 2 heterocycles. The lowest BCUT2D eigenvalue weighted by Gasteiger charge is -2.33. The number of amides is 1. The van der Waals surface area contributed by atoms with Gasteiger partial charge in [0, 0.05) is 47.5 Å². The van der Waals surface area contributed by atoms with Crippen molar-refractivity contribution in [2.75, 3.05) is 26.3 Å². The molecule has 1 amide bonds. The van der Waals surface area contributed by atoms with Crippen LogP contribution in [0, 0.1) is 0 Å². The Morgan fingerprint density at radius 2 is 1.83 bits per heavy atom. The molecule has 0 aliphatic carbocycles. The number of aliphatic hydroxyl groups is 1. The largest absolute Gasteiger partial charge is 0.494 e. The Balaban J connectivity index is 1.61. The van der Waals surface area contributed by atoms with Crippen LogP contribution in [0.1, 0.15) is 47.6 Å². The second kappa shape index (κ2) is 13.8. The van der Waals surface area contributed by atoms with Crippen LogP contribution in [0.3, 0.4) is 0 Å². The maximum Gasteiger partial charge on any atom is 0.266 e. The molecule has 0 bridgehead atoms. The van der Waals surface area contributed by atoms with E-state index in [1.807, 2.05) is 77.8 Å². The third-order valence-electron chi connectivity index (χ3n) is 7.46. The van der Waals surface area contributed by atoms with Crippen molar-refractivity contribution in [3.05, 3.63) is 110 Å². The molecule has 2 atom stereocenters. The van der Waals surface area contributed by atoms with Crippen molar-refractivity contribution in [1.82, 2.24) is 10.4 Å². The number of aliphatic hydroxyl groups excluding tert-OH is 1. The lowest BCUT2D eigenvalue weighted by atomic mass is 9.80. The number of aliphatic imine (C=N–C) groups is 1. The van der Waals surface area contributed by atoms with Gasteiger partial charge in [-0.3, -0.25) is 10.2 Å². The third-order valence-corrected chi connectivity index (χ3v) is 8.23. The van der Waals surface area contributed by atoms with E-state index >= 15 is 0 Å². The third kappa shape index (κ3) is 6.60. The number of rotatable bonds is 12. The molecular weight excluding hydrogens is 600 g/mol. The molecule has 1 saturated heterocycles. The normalized spacial score (nSPS) is 20.0. The predicted molar refractivity (Wildman–Crippen MR) is 163 cm³/mol. The van der Waals surface area contributed by atoms with Gasteiger partial charge >= 0.3 is 0 Å². The standard InChI is InChI=1S/C31H33BrN6O4/c32-27-11-4-2-8-23(27)20-31(30(40)36-38-16-5-6-17-38)28(26-10-3-1-9-24(26)21-34-37-33)42-29(35-31)22-12-14-25(15-13-22)41-19-7-18-39/h1-4,8-15,28,39H,5-7,16-21H2,(H,36,40)/t28-,31-/m0/s1. The Bertz CT molecular complexity index is 1470. The summed E-state index contributed by atoms with van der Waals surface area (Å²) in [5, 5.41) is 14.8. The van der Waals surface area contributed by atoms with Crippen molar-refractivity contribution in [2.24, 2.45) is 10.1 Å². The number of ether oxygens (including phenoxy) is 2. The molecular formula is C31H33BrN6O4. The molecule has 0 radical (unpaired) electrons. The average Bonchev–Trinajstić information content (AvgIpc) is 3.67. The SMILES string of the molecule is [N-]=[N+]=NCc1ccccc1[C@@H]1OC(c2ccc(OCCCO)cc2)=N[C@]1(Cc1ccccc1Br)C(=O)NN1CCCC1. The van der Waals surface area contributed by atoms with Gasteiger partial charge in [-0.25, -0.2) is 10.0 Å². The van der Waals surface area contributed by atoms with E-state index in [2.05, 4.69) is 31.4 Å². The fraction of sp³-hybridized carbons (Fsp3) is 0.355. The van der Waals surface area contributed by atoms with Crippen molar-refractivity contribution >= 4 is 27.7 Å². The first-order valence-corrected chi connectivity index (χ1v) is 14.8. The van der Waals surface area contributed by atoms with E-state index < -0.39 is 11.6 Å². The summed E-state index contributed by atoms with van der Waals surface area (Å²) in [5.41, 5.74) is 13.9. The topological polar surface area (TPSA) is 132 Å². The van der Waals surface area contributed by atoms with Gasteiger partial charge in [0.25, 0.3) is 5.91 Å². The highest BCUT2D eigenvalue weighted by molar-refractivity contribution is 9.10. The number of carbonyl (C=O) groups is 1. The van der Waals surface area contributed by atoms with E-state index in [9.17, 15) is 4.79 Å². The van der Waals surface area contributed by atoms with Gasteiger partial charge in [-0.15, -0.1) is 0 Å². The van der Waals surface area contributed by atoms with Crippen molar-refractivity contribution in [1.29, 1.82) is 0 Å². The van der Waals surface area contributed by atoms with Crippen LogP contribution in [0.5, 0.6) is 5.75 Å². The number of azide groups is 1. The van der Waals surface area contributed by atoms with Crippen molar-refractivity contribution in [3.63, 3.8) is 0 Å². The molecule has 0 saturated carbocycles. The molecule has 10 nitrogen and oxygen atoms in total. The highest BCUT2D eigenvalue weighted by Gasteiger charge is 2.54. The van der Waals surface area contributed by atoms with Gasteiger partial charge in [0.15, 0.2) is 11.6 Å². The Kier molecular flexibility index (Phi) is 9.76.